The van der Waals surface area contributed by atoms with Crippen LogP contribution in [0.4, 0.5) is 26.3 Å². The molecule has 0 aliphatic carbocycles. The number of alkyl halides is 6. The van der Waals surface area contributed by atoms with Gasteiger partial charge in [-0.25, -0.2) is 4.79 Å². The lowest BCUT2D eigenvalue weighted by atomic mass is 10.0. The van der Waals surface area contributed by atoms with Gasteiger partial charge in [-0.1, -0.05) is 41.4 Å². The van der Waals surface area contributed by atoms with Gasteiger partial charge in [0.1, 0.15) is 23.8 Å². The predicted octanol–water partition coefficient (Wildman–Crippen LogP) is 8.89. The fraction of sp³-hybridized carbons (Fsp3) is 0.100. The maximum absolute atomic E-state index is 13.8. The fourth-order valence-corrected chi connectivity index (χ4v) is 4.92. The number of nitrogens with zero attached hydrogens (tertiary/aromatic N) is 2. The Morgan fingerprint density at radius 3 is 2.31 bits per heavy atom. The quantitative estimate of drug-likeness (QED) is 0.174. The van der Waals surface area contributed by atoms with Gasteiger partial charge in [0.25, 0.3) is 5.91 Å². The lowest BCUT2D eigenvalue weighted by molar-refractivity contribution is -0.274. The molecule has 0 saturated heterocycles. The molecule has 1 N–H and O–H groups in total. The minimum Gasteiger partial charge on any atom is -0.488 e. The van der Waals surface area contributed by atoms with Crippen LogP contribution in [0, 0.1) is 0 Å². The van der Waals surface area contributed by atoms with Crippen molar-refractivity contribution in [1.82, 2.24) is 9.78 Å². The first-order valence-electron chi connectivity index (χ1n) is 12.6. The average molecular weight is 669 g/mol. The zero-order valence-electron chi connectivity index (χ0n) is 22.2. The van der Waals surface area contributed by atoms with E-state index in [-0.39, 0.29) is 50.7 Å². The SMILES string of the molecule is O=C(O)c1ccc(-c2nn(C(=O)c3c(Cl)cccc3C(F)(F)F)c3ccc(Cl)cc23)c(OCc2cccc(OC(F)(F)F)c2)c1. The molecule has 0 unspecified atom stereocenters. The van der Waals surface area contributed by atoms with E-state index in [1.165, 1.54) is 42.5 Å². The Labute approximate surface area is 259 Å². The summed E-state index contributed by atoms with van der Waals surface area (Å²) in [5, 5.41) is 13.8. The van der Waals surface area contributed by atoms with E-state index in [9.17, 15) is 41.0 Å². The summed E-state index contributed by atoms with van der Waals surface area (Å²) in [5.41, 5.74) is -2.04. The summed E-state index contributed by atoms with van der Waals surface area (Å²) in [7, 11) is 0. The topological polar surface area (TPSA) is 90.7 Å². The van der Waals surface area contributed by atoms with Crippen molar-refractivity contribution < 1.29 is 50.5 Å². The first kappa shape index (κ1) is 31.7. The van der Waals surface area contributed by atoms with Gasteiger partial charge in [-0.15, -0.1) is 13.2 Å². The van der Waals surface area contributed by atoms with Gasteiger partial charge >= 0.3 is 18.5 Å². The highest BCUT2D eigenvalue weighted by Gasteiger charge is 2.37. The van der Waals surface area contributed by atoms with Crippen LogP contribution >= 0.6 is 23.2 Å². The lowest BCUT2D eigenvalue weighted by Crippen LogP contribution is -2.20. The second kappa shape index (κ2) is 12.0. The van der Waals surface area contributed by atoms with Crippen LogP contribution in [0.3, 0.4) is 0 Å². The summed E-state index contributed by atoms with van der Waals surface area (Å²) in [6.45, 7) is -0.363. The van der Waals surface area contributed by atoms with Gasteiger partial charge in [0.15, 0.2) is 0 Å². The standard InChI is InChI=1S/C30H16Cl2F6N2O5/c31-17-8-10-23-20(13-17)26(39-40(23)27(41)25-21(29(33,34)35)5-2-6-22(25)32)19-9-7-16(28(42)43)12-24(19)44-14-15-3-1-4-18(11-15)45-30(36,37)38/h1-13H,14H2,(H,42,43). The summed E-state index contributed by atoms with van der Waals surface area (Å²) >= 11 is 12.3. The molecule has 0 aliphatic rings. The van der Waals surface area contributed by atoms with Gasteiger partial charge in [-0.05, 0) is 66.2 Å². The van der Waals surface area contributed by atoms with E-state index >= 15 is 0 Å². The van der Waals surface area contributed by atoms with Gasteiger partial charge in [0, 0.05) is 16.0 Å². The van der Waals surface area contributed by atoms with Crippen molar-refractivity contribution in [1.29, 1.82) is 0 Å². The third-order valence-corrected chi connectivity index (χ3v) is 6.93. The molecule has 0 atom stereocenters. The zero-order valence-corrected chi connectivity index (χ0v) is 23.7. The van der Waals surface area contributed by atoms with Gasteiger partial charge in [0.2, 0.25) is 0 Å². The minimum absolute atomic E-state index is 0.0254. The van der Waals surface area contributed by atoms with E-state index in [0.717, 1.165) is 30.3 Å². The van der Waals surface area contributed by atoms with E-state index in [1.807, 2.05) is 0 Å². The van der Waals surface area contributed by atoms with Gasteiger partial charge < -0.3 is 14.6 Å². The number of carbonyl (C=O) groups excluding carboxylic acids is 1. The highest BCUT2D eigenvalue weighted by molar-refractivity contribution is 6.34. The molecule has 1 heterocycles. The molecule has 0 aliphatic heterocycles. The molecular formula is C30H16Cl2F6N2O5. The number of hydrogen-bond donors (Lipinski definition) is 1. The number of rotatable bonds is 7. The summed E-state index contributed by atoms with van der Waals surface area (Å²) in [5.74, 6) is -3.18. The number of fused-ring (bicyclic) bond motifs is 1. The van der Waals surface area contributed by atoms with Crippen LogP contribution in [0.25, 0.3) is 22.2 Å². The number of ether oxygens (including phenoxy) is 2. The molecule has 4 aromatic carbocycles. The van der Waals surface area contributed by atoms with Crippen molar-refractivity contribution in [2.24, 2.45) is 0 Å². The van der Waals surface area contributed by atoms with Crippen molar-refractivity contribution >= 4 is 46.0 Å². The van der Waals surface area contributed by atoms with E-state index in [4.69, 9.17) is 27.9 Å². The molecule has 45 heavy (non-hydrogen) atoms. The van der Waals surface area contributed by atoms with Gasteiger partial charge in [-0.2, -0.15) is 23.0 Å². The molecule has 0 saturated carbocycles. The molecule has 1 aromatic heterocycles. The summed E-state index contributed by atoms with van der Waals surface area (Å²) in [4.78, 5) is 25.4. The van der Waals surface area contributed by atoms with Crippen LogP contribution in [0.5, 0.6) is 11.5 Å². The van der Waals surface area contributed by atoms with Crippen LogP contribution in [-0.4, -0.2) is 33.1 Å². The highest BCUT2D eigenvalue weighted by Crippen LogP contribution is 2.39. The number of carbonyl (C=O) groups is 2. The summed E-state index contributed by atoms with van der Waals surface area (Å²) in [6.07, 6.45) is -9.87. The van der Waals surface area contributed by atoms with Crippen LogP contribution in [0.2, 0.25) is 10.0 Å². The molecule has 7 nitrogen and oxygen atoms in total. The number of carboxylic acids is 1. The predicted molar refractivity (Wildman–Crippen MR) is 151 cm³/mol. The zero-order chi connectivity index (χ0) is 32.7. The Hall–Kier alpha value is -4.75. The average Bonchev–Trinajstić information content (AvgIpc) is 3.32. The van der Waals surface area contributed by atoms with E-state index < -0.39 is 46.3 Å². The first-order chi connectivity index (χ1) is 21.1. The summed E-state index contributed by atoms with van der Waals surface area (Å²) in [6, 6.07) is 15.5. The second-order valence-corrected chi connectivity index (χ2v) is 10.2. The molecule has 0 bridgehead atoms. The van der Waals surface area contributed by atoms with E-state index in [2.05, 4.69) is 9.84 Å². The molecule has 5 rings (SSSR count). The van der Waals surface area contributed by atoms with Crippen LogP contribution in [0.1, 0.15) is 31.8 Å². The molecule has 5 aromatic rings. The molecule has 232 valence electrons. The third kappa shape index (κ3) is 6.84. The normalized spacial score (nSPS) is 11.9. The molecule has 0 radical (unpaired) electrons. The van der Waals surface area contributed by atoms with Crippen LogP contribution < -0.4 is 9.47 Å². The monoisotopic (exact) mass is 668 g/mol. The highest BCUT2D eigenvalue weighted by atomic mass is 35.5. The number of aromatic nitrogens is 2. The van der Waals surface area contributed by atoms with Crippen molar-refractivity contribution in [3.05, 3.63) is 111 Å². The Balaban J connectivity index is 1.63. The third-order valence-electron chi connectivity index (χ3n) is 6.38. The van der Waals surface area contributed by atoms with Crippen molar-refractivity contribution in [3.63, 3.8) is 0 Å². The smallest absolute Gasteiger partial charge is 0.488 e. The van der Waals surface area contributed by atoms with Crippen molar-refractivity contribution in [2.45, 2.75) is 19.1 Å². The second-order valence-electron chi connectivity index (χ2n) is 9.39. The molecule has 0 spiro atoms. The lowest BCUT2D eigenvalue weighted by Gasteiger charge is -2.14. The molecule has 0 fully saturated rings. The van der Waals surface area contributed by atoms with Crippen molar-refractivity contribution in [2.75, 3.05) is 0 Å². The van der Waals surface area contributed by atoms with E-state index in [1.54, 1.807) is 0 Å². The van der Waals surface area contributed by atoms with Gasteiger partial charge in [-0.3, -0.25) is 4.79 Å². The van der Waals surface area contributed by atoms with Crippen LogP contribution in [-0.2, 0) is 12.8 Å². The number of hydrogen-bond acceptors (Lipinski definition) is 5. The number of carboxylic acid groups (broad SMARTS) is 1. The van der Waals surface area contributed by atoms with E-state index in [0.29, 0.717) is 10.7 Å². The number of aromatic carboxylic acids is 1. The number of benzene rings is 4. The Morgan fingerprint density at radius 2 is 1.62 bits per heavy atom. The number of halogens is 8. The Morgan fingerprint density at radius 1 is 0.889 bits per heavy atom. The van der Waals surface area contributed by atoms with Crippen LogP contribution in [0.15, 0.2) is 78.9 Å². The fourth-order valence-electron chi connectivity index (χ4n) is 4.49. The van der Waals surface area contributed by atoms with Crippen molar-refractivity contribution in [3.8, 4) is 22.8 Å². The maximum Gasteiger partial charge on any atom is 0.573 e. The Bertz CT molecular complexity index is 1960. The molecule has 15 heteroatoms. The minimum atomic E-state index is -4.94. The molecular weight excluding hydrogens is 653 g/mol. The van der Waals surface area contributed by atoms with Gasteiger partial charge in [0.05, 0.1) is 27.2 Å². The first-order valence-corrected chi connectivity index (χ1v) is 13.3. The Kier molecular flexibility index (Phi) is 8.43. The largest absolute Gasteiger partial charge is 0.573 e. The maximum atomic E-state index is 13.8. The molecule has 0 amide bonds. The summed E-state index contributed by atoms with van der Waals surface area (Å²) < 4.78 is 90.1.